The largest absolute Gasteiger partial charge is 0.490 e. The van der Waals surface area contributed by atoms with Gasteiger partial charge < -0.3 is 20.3 Å². The number of carbonyl (C=O) groups is 3. The quantitative estimate of drug-likeness (QED) is 0.718. The Morgan fingerprint density at radius 3 is 2.68 bits per heavy atom. The van der Waals surface area contributed by atoms with Crippen LogP contribution in [0.25, 0.3) is 0 Å². The fraction of sp³-hybridized carbons (Fsp3) is 0.375. The highest BCUT2D eigenvalue weighted by molar-refractivity contribution is 5.97. The molecule has 0 aromatic heterocycles. The molecule has 0 bridgehead atoms. The third-order valence-electron chi connectivity index (χ3n) is 5.76. The Morgan fingerprint density at radius 1 is 1.03 bits per heavy atom. The fourth-order valence-corrected chi connectivity index (χ4v) is 3.75. The number of nitrogens with zero attached hydrogens (tertiary/aromatic N) is 1. The lowest BCUT2D eigenvalue weighted by atomic mass is 9.85. The maximum absolute atomic E-state index is 12.6. The highest BCUT2D eigenvalue weighted by Gasteiger charge is 2.25. The van der Waals surface area contributed by atoms with Gasteiger partial charge in [0.25, 0.3) is 0 Å². The van der Waals surface area contributed by atoms with E-state index >= 15 is 0 Å². The van der Waals surface area contributed by atoms with Gasteiger partial charge in [-0.3, -0.25) is 14.4 Å². The van der Waals surface area contributed by atoms with E-state index in [4.69, 9.17) is 4.74 Å². The molecule has 0 unspecified atom stereocenters. The van der Waals surface area contributed by atoms with Crippen molar-refractivity contribution in [1.29, 1.82) is 0 Å². The summed E-state index contributed by atoms with van der Waals surface area (Å²) in [5.74, 6) is 0.608. The number of hydrogen-bond acceptors (Lipinski definition) is 4. The molecule has 2 N–H and O–H groups in total. The van der Waals surface area contributed by atoms with Gasteiger partial charge in [-0.1, -0.05) is 30.7 Å². The van der Waals surface area contributed by atoms with Crippen LogP contribution in [0.1, 0.15) is 37.7 Å². The molecule has 1 aliphatic carbocycles. The van der Waals surface area contributed by atoms with Gasteiger partial charge in [-0.2, -0.15) is 0 Å². The molecule has 1 saturated carbocycles. The number of rotatable bonds is 7. The van der Waals surface area contributed by atoms with Crippen LogP contribution in [0.4, 0.5) is 11.4 Å². The van der Waals surface area contributed by atoms with E-state index < -0.39 is 0 Å². The van der Waals surface area contributed by atoms with E-state index in [1.165, 1.54) is 0 Å². The predicted molar refractivity (Wildman–Crippen MR) is 118 cm³/mol. The normalized spacial score (nSPS) is 15.3. The SMILES string of the molecule is O=C(CCC(=O)N1CCOc2ccccc21)NCc1cccc(NC(=O)C2CCC2)c1. The number of hydrogen-bond donors (Lipinski definition) is 2. The van der Waals surface area contributed by atoms with Gasteiger partial charge in [0, 0.05) is 31.0 Å². The Morgan fingerprint density at radius 2 is 1.87 bits per heavy atom. The van der Waals surface area contributed by atoms with E-state index in [9.17, 15) is 14.4 Å². The molecule has 162 valence electrons. The first kappa shape index (κ1) is 20.9. The average Bonchev–Trinajstić information content (AvgIpc) is 2.74. The average molecular weight is 421 g/mol. The summed E-state index contributed by atoms with van der Waals surface area (Å²) in [5.41, 5.74) is 2.39. The van der Waals surface area contributed by atoms with Crippen LogP contribution in [-0.4, -0.2) is 30.9 Å². The van der Waals surface area contributed by atoms with Gasteiger partial charge >= 0.3 is 0 Å². The summed E-state index contributed by atoms with van der Waals surface area (Å²) >= 11 is 0. The molecule has 0 radical (unpaired) electrons. The third kappa shape index (κ3) is 5.23. The summed E-state index contributed by atoms with van der Waals surface area (Å²) < 4.78 is 5.57. The molecular formula is C24H27N3O4. The molecule has 0 atom stereocenters. The topological polar surface area (TPSA) is 87.7 Å². The first-order valence-electron chi connectivity index (χ1n) is 10.8. The van der Waals surface area contributed by atoms with Crippen LogP contribution in [0.15, 0.2) is 48.5 Å². The van der Waals surface area contributed by atoms with E-state index in [1.807, 2.05) is 48.5 Å². The summed E-state index contributed by atoms with van der Waals surface area (Å²) in [4.78, 5) is 38.7. The molecule has 4 rings (SSSR count). The molecule has 2 aliphatic rings. The van der Waals surface area contributed by atoms with Crippen molar-refractivity contribution in [3.63, 3.8) is 0 Å². The molecule has 1 aliphatic heterocycles. The van der Waals surface area contributed by atoms with E-state index in [1.54, 1.807) is 4.90 Å². The van der Waals surface area contributed by atoms with E-state index in [0.29, 0.717) is 25.4 Å². The van der Waals surface area contributed by atoms with Crippen LogP contribution >= 0.6 is 0 Å². The van der Waals surface area contributed by atoms with Gasteiger partial charge in [0.15, 0.2) is 0 Å². The molecule has 2 aromatic carbocycles. The monoisotopic (exact) mass is 421 g/mol. The lowest BCUT2D eigenvalue weighted by Gasteiger charge is -2.29. The van der Waals surface area contributed by atoms with E-state index in [-0.39, 0.29) is 36.5 Å². The number of para-hydroxylation sites is 2. The second-order valence-electron chi connectivity index (χ2n) is 7.96. The number of fused-ring (bicyclic) bond motifs is 1. The van der Waals surface area contributed by atoms with Crippen molar-refractivity contribution in [3.8, 4) is 5.75 Å². The molecule has 0 saturated heterocycles. The molecule has 7 heteroatoms. The molecule has 1 heterocycles. The van der Waals surface area contributed by atoms with Crippen LogP contribution in [0.3, 0.4) is 0 Å². The number of benzene rings is 2. The minimum atomic E-state index is -0.182. The van der Waals surface area contributed by atoms with Gasteiger partial charge in [0.05, 0.1) is 12.2 Å². The van der Waals surface area contributed by atoms with Crippen LogP contribution in [-0.2, 0) is 20.9 Å². The third-order valence-corrected chi connectivity index (χ3v) is 5.76. The van der Waals surface area contributed by atoms with Crippen molar-refractivity contribution < 1.29 is 19.1 Å². The van der Waals surface area contributed by atoms with E-state index in [0.717, 1.165) is 36.2 Å². The van der Waals surface area contributed by atoms with Crippen LogP contribution in [0, 0.1) is 5.92 Å². The summed E-state index contributed by atoms with van der Waals surface area (Å²) in [7, 11) is 0. The highest BCUT2D eigenvalue weighted by atomic mass is 16.5. The second-order valence-corrected chi connectivity index (χ2v) is 7.96. The van der Waals surface area contributed by atoms with Crippen LogP contribution in [0.5, 0.6) is 5.75 Å². The Hall–Kier alpha value is -3.35. The molecule has 1 fully saturated rings. The summed E-state index contributed by atoms with van der Waals surface area (Å²) in [5, 5.41) is 5.80. The van der Waals surface area contributed by atoms with Crippen molar-refractivity contribution in [3.05, 3.63) is 54.1 Å². The van der Waals surface area contributed by atoms with Crippen molar-refractivity contribution >= 4 is 29.1 Å². The molecule has 0 spiro atoms. The van der Waals surface area contributed by atoms with Gasteiger partial charge in [-0.15, -0.1) is 0 Å². The van der Waals surface area contributed by atoms with Gasteiger partial charge in [-0.25, -0.2) is 0 Å². The molecule has 2 aromatic rings. The van der Waals surface area contributed by atoms with Crippen molar-refractivity contribution in [1.82, 2.24) is 5.32 Å². The highest BCUT2D eigenvalue weighted by Crippen LogP contribution is 2.31. The number of amides is 3. The first-order valence-corrected chi connectivity index (χ1v) is 10.8. The maximum atomic E-state index is 12.6. The zero-order valence-electron chi connectivity index (χ0n) is 17.4. The van der Waals surface area contributed by atoms with Crippen molar-refractivity contribution in [2.24, 2.45) is 5.92 Å². The summed E-state index contributed by atoms with van der Waals surface area (Å²) in [6.07, 6.45) is 3.28. The predicted octanol–water partition coefficient (Wildman–Crippen LogP) is 3.25. The number of carbonyl (C=O) groups excluding carboxylic acids is 3. The zero-order valence-corrected chi connectivity index (χ0v) is 17.4. The molecule has 7 nitrogen and oxygen atoms in total. The summed E-state index contributed by atoms with van der Waals surface area (Å²) in [6.45, 7) is 1.28. The van der Waals surface area contributed by atoms with Gasteiger partial charge in [-0.05, 0) is 42.7 Å². The van der Waals surface area contributed by atoms with E-state index in [2.05, 4.69) is 10.6 Å². The Labute approximate surface area is 181 Å². The number of nitrogens with one attached hydrogen (secondary N) is 2. The minimum Gasteiger partial charge on any atom is -0.490 e. The van der Waals surface area contributed by atoms with Gasteiger partial charge in [0.1, 0.15) is 12.4 Å². The smallest absolute Gasteiger partial charge is 0.227 e. The standard InChI is InChI=1S/C24H27N3O4/c28-22(11-12-23(29)27-13-14-31-21-10-2-1-9-20(21)27)25-16-17-5-3-8-19(15-17)26-24(30)18-6-4-7-18/h1-3,5,8-10,15,18H,4,6-7,11-14,16H2,(H,25,28)(H,26,30). The zero-order chi connectivity index (χ0) is 21.6. The lowest BCUT2D eigenvalue weighted by Crippen LogP contribution is -2.38. The second kappa shape index (κ2) is 9.64. The Balaban J connectivity index is 1.24. The first-order chi connectivity index (χ1) is 15.1. The number of anilines is 2. The molecule has 3 amide bonds. The summed E-state index contributed by atoms with van der Waals surface area (Å²) in [6, 6.07) is 14.9. The van der Waals surface area contributed by atoms with Gasteiger partial charge in [0.2, 0.25) is 17.7 Å². The van der Waals surface area contributed by atoms with Crippen LogP contribution < -0.4 is 20.3 Å². The van der Waals surface area contributed by atoms with Crippen molar-refractivity contribution in [2.45, 2.75) is 38.6 Å². The molecular weight excluding hydrogens is 394 g/mol. The lowest BCUT2D eigenvalue weighted by molar-refractivity contribution is -0.125. The Bertz CT molecular complexity index is 971. The van der Waals surface area contributed by atoms with Crippen LogP contribution in [0.2, 0.25) is 0 Å². The maximum Gasteiger partial charge on any atom is 0.227 e. The Kier molecular flexibility index (Phi) is 6.50. The fourth-order valence-electron chi connectivity index (χ4n) is 3.75. The minimum absolute atomic E-state index is 0.0654. The van der Waals surface area contributed by atoms with Crippen molar-refractivity contribution in [2.75, 3.05) is 23.4 Å². The number of ether oxygens (including phenoxy) is 1. The molecule has 31 heavy (non-hydrogen) atoms.